The van der Waals surface area contributed by atoms with Crippen LogP contribution < -0.4 is 4.90 Å². The minimum Gasteiger partial charge on any atom is -0.407 e. The number of halogens is 1. The summed E-state index contributed by atoms with van der Waals surface area (Å²) in [7, 11) is 3.16. The third-order valence-corrected chi connectivity index (χ3v) is 3.86. The molecular weight excluding hydrogens is 290 g/mol. The molecule has 5 heteroatoms. The van der Waals surface area contributed by atoms with E-state index in [1.807, 2.05) is 30.3 Å². The zero-order valence-corrected chi connectivity index (χ0v) is 12.4. The van der Waals surface area contributed by atoms with Gasteiger partial charge in [0.05, 0.1) is 11.3 Å². The van der Waals surface area contributed by atoms with Crippen LogP contribution in [0.2, 0.25) is 5.02 Å². The highest BCUT2D eigenvalue weighted by Crippen LogP contribution is 2.44. The first-order chi connectivity index (χ1) is 10.1. The van der Waals surface area contributed by atoms with Gasteiger partial charge in [0, 0.05) is 24.7 Å². The number of amides is 1. The molecule has 0 spiro atoms. The molecule has 1 aliphatic rings. The van der Waals surface area contributed by atoms with Crippen LogP contribution in [0.15, 0.2) is 48.5 Å². The van der Waals surface area contributed by atoms with Gasteiger partial charge in [-0.3, -0.25) is 4.90 Å². The molecular formula is C16H14ClNO3. The van der Waals surface area contributed by atoms with Crippen LogP contribution in [-0.4, -0.2) is 20.3 Å². The first-order valence-electron chi connectivity index (χ1n) is 6.46. The third-order valence-electron chi connectivity index (χ3n) is 3.62. The highest BCUT2D eigenvalue weighted by molar-refractivity contribution is 6.30. The van der Waals surface area contributed by atoms with E-state index in [2.05, 4.69) is 0 Å². The molecule has 21 heavy (non-hydrogen) atoms. The van der Waals surface area contributed by atoms with E-state index in [-0.39, 0.29) is 0 Å². The molecule has 0 saturated heterocycles. The second-order valence-corrected chi connectivity index (χ2v) is 5.21. The van der Waals surface area contributed by atoms with E-state index in [9.17, 15) is 4.79 Å². The highest BCUT2D eigenvalue weighted by Gasteiger charge is 2.46. The quantitative estimate of drug-likeness (QED) is 0.847. The summed E-state index contributed by atoms with van der Waals surface area (Å²) in [5, 5.41) is 0.553. The van der Waals surface area contributed by atoms with Gasteiger partial charge in [0.1, 0.15) is 0 Å². The maximum Gasteiger partial charge on any atom is 0.417 e. The number of carbonyl (C=O) groups excluding carboxylic acids is 1. The van der Waals surface area contributed by atoms with Crippen molar-refractivity contribution in [1.29, 1.82) is 0 Å². The van der Waals surface area contributed by atoms with E-state index in [0.717, 1.165) is 5.56 Å². The number of fused-ring (bicyclic) bond motifs is 1. The van der Waals surface area contributed by atoms with Crippen LogP contribution in [-0.2, 0) is 15.3 Å². The summed E-state index contributed by atoms with van der Waals surface area (Å²) in [6.45, 7) is 0. The largest absolute Gasteiger partial charge is 0.417 e. The molecule has 0 N–H and O–H groups in total. The molecule has 4 nitrogen and oxygen atoms in total. The number of cyclic esters (lactones) is 1. The van der Waals surface area contributed by atoms with Crippen LogP contribution in [0.1, 0.15) is 11.1 Å². The molecule has 2 aromatic rings. The number of nitrogens with zero attached hydrogens (tertiary/aromatic N) is 1. The average Bonchev–Trinajstić information content (AvgIpc) is 2.52. The minimum absolute atomic E-state index is 0.476. The van der Waals surface area contributed by atoms with E-state index in [1.165, 1.54) is 12.0 Å². The predicted molar refractivity (Wildman–Crippen MR) is 80.6 cm³/mol. The van der Waals surface area contributed by atoms with Crippen molar-refractivity contribution in [3.05, 3.63) is 64.7 Å². The molecule has 1 atom stereocenters. The van der Waals surface area contributed by atoms with Gasteiger partial charge >= 0.3 is 6.09 Å². The number of hydrogen-bond donors (Lipinski definition) is 0. The molecule has 3 rings (SSSR count). The Hall–Kier alpha value is -2.04. The molecule has 1 aliphatic heterocycles. The minimum atomic E-state index is -1.29. The maximum absolute atomic E-state index is 12.2. The van der Waals surface area contributed by atoms with Crippen LogP contribution in [0, 0.1) is 0 Å². The molecule has 0 bridgehead atoms. The number of hydrogen-bond acceptors (Lipinski definition) is 3. The SMILES string of the molecule is CO[C@@]1(c2ccccc2)OC(=O)N(C)c2ccc(Cl)cc21. The van der Waals surface area contributed by atoms with Crippen LogP contribution >= 0.6 is 11.6 Å². The fourth-order valence-corrected chi connectivity index (χ4v) is 2.72. The Labute approximate surface area is 127 Å². The molecule has 1 amide bonds. The zero-order valence-electron chi connectivity index (χ0n) is 11.7. The van der Waals surface area contributed by atoms with E-state index in [1.54, 1.807) is 25.2 Å². The van der Waals surface area contributed by atoms with Crippen molar-refractivity contribution in [3.8, 4) is 0 Å². The van der Waals surface area contributed by atoms with Crippen molar-refractivity contribution in [2.45, 2.75) is 5.79 Å². The van der Waals surface area contributed by atoms with Crippen LogP contribution in [0.4, 0.5) is 10.5 Å². The van der Waals surface area contributed by atoms with Crippen molar-refractivity contribution in [2.24, 2.45) is 0 Å². The number of carbonyl (C=O) groups is 1. The normalized spacial score (nSPS) is 20.9. The summed E-state index contributed by atoms with van der Waals surface area (Å²) in [5.74, 6) is -1.29. The van der Waals surface area contributed by atoms with Gasteiger partial charge in [-0.05, 0) is 18.2 Å². The molecule has 1 heterocycles. The van der Waals surface area contributed by atoms with Crippen LogP contribution in [0.25, 0.3) is 0 Å². The van der Waals surface area contributed by atoms with Crippen molar-refractivity contribution in [2.75, 3.05) is 19.1 Å². The Bertz CT molecular complexity index is 689. The van der Waals surface area contributed by atoms with Crippen LogP contribution in [0.3, 0.4) is 0 Å². The van der Waals surface area contributed by atoms with E-state index in [0.29, 0.717) is 16.3 Å². The van der Waals surface area contributed by atoms with Crippen molar-refractivity contribution in [1.82, 2.24) is 0 Å². The Balaban J connectivity index is 2.29. The lowest BCUT2D eigenvalue weighted by molar-refractivity contribution is -0.162. The molecule has 0 aliphatic carbocycles. The van der Waals surface area contributed by atoms with Gasteiger partial charge < -0.3 is 9.47 Å². The maximum atomic E-state index is 12.2. The summed E-state index contributed by atoms with van der Waals surface area (Å²) < 4.78 is 11.2. The Morgan fingerprint density at radius 2 is 1.90 bits per heavy atom. The van der Waals surface area contributed by atoms with E-state index >= 15 is 0 Å². The first-order valence-corrected chi connectivity index (χ1v) is 6.83. The van der Waals surface area contributed by atoms with E-state index in [4.69, 9.17) is 21.1 Å². The lowest BCUT2D eigenvalue weighted by Gasteiger charge is -2.40. The third kappa shape index (κ3) is 2.07. The van der Waals surface area contributed by atoms with Crippen LogP contribution in [0.5, 0.6) is 0 Å². The molecule has 108 valence electrons. The Morgan fingerprint density at radius 3 is 2.57 bits per heavy atom. The van der Waals surface area contributed by atoms with Crippen molar-refractivity contribution in [3.63, 3.8) is 0 Å². The van der Waals surface area contributed by atoms with Crippen molar-refractivity contribution < 1.29 is 14.3 Å². The number of methoxy groups -OCH3 is 1. The predicted octanol–water partition coefficient (Wildman–Crippen LogP) is 3.77. The number of rotatable bonds is 2. The van der Waals surface area contributed by atoms with Gasteiger partial charge in [0.25, 0.3) is 5.79 Å². The second kappa shape index (κ2) is 5.06. The molecule has 0 saturated carbocycles. The molecule has 0 fully saturated rings. The highest BCUT2D eigenvalue weighted by atomic mass is 35.5. The summed E-state index contributed by atoms with van der Waals surface area (Å²) in [6, 6.07) is 14.6. The number of benzene rings is 2. The first kappa shape index (κ1) is 13.9. The summed E-state index contributed by atoms with van der Waals surface area (Å²) in [6.07, 6.45) is -0.476. The molecule has 0 unspecified atom stereocenters. The monoisotopic (exact) mass is 303 g/mol. The Morgan fingerprint density at radius 1 is 1.19 bits per heavy atom. The van der Waals surface area contributed by atoms with Gasteiger partial charge in [-0.1, -0.05) is 41.9 Å². The van der Waals surface area contributed by atoms with Gasteiger partial charge in [0.2, 0.25) is 0 Å². The molecule has 0 aromatic heterocycles. The van der Waals surface area contributed by atoms with Gasteiger partial charge in [0.15, 0.2) is 0 Å². The fraction of sp³-hybridized carbons (Fsp3) is 0.188. The lowest BCUT2D eigenvalue weighted by Crippen LogP contribution is -2.46. The van der Waals surface area contributed by atoms with Crippen molar-refractivity contribution >= 4 is 23.4 Å². The second-order valence-electron chi connectivity index (χ2n) is 4.78. The molecule has 0 radical (unpaired) electrons. The summed E-state index contributed by atoms with van der Waals surface area (Å²) in [5.41, 5.74) is 2.14. The zero-order chi connectivity index (χ0) is 15.0. The number of ether oxygens (including phenoxy) is 2. The summed E-state index contributed by atoms with van der Waals surface area (Å²) >= 11 is 6.12. The average molecular weight is 304 g/mol. The smallest absolute Gasteiger partial charge is 0.407 e. The summed E-state index contributed by atoms with van der Waals surface area (Å²) in [4.78, 5) is 13.6. The topological polar surface area (TPSA) is 38.8 Å². The van der Waals surface area contributed by atoms with Gasteiger partial charge in [-0.2, -0.15) is 0 Å². The lowest BCUT2D eigenvalue weighted by atomic mass is 9.94. The van der Waals surface area contributed by atoms with Gasteiger partial charge in [-0.25, -0.2) is 4.79 Å². The Kier molecular flexibility index (Phi) is 3.35. The van der Waals surface area contributed by atoms with E-state index < -0.39 is 11.9 Å². The van der Waals surface area contributed by atoms with Gasteiger partial charge in [-0.15, -0.1) is 0 Å². The molecule has 2 aromatic carbocycles. The fourth-order valence-electron chi connectivity index (χ4n) is 2.55. The standard InChI is InChI=1S/C16H14ClNO3/c1-18-14-9-8-12(17)10-13(14)16(20-2,21-15(18)19)11-6-4-3-5-7-11/h3-10H,1-2H3/t16-/m0/s1. The number of anilines is 1.